The van der Waals surface area contributed by atoms with Crippen molar-refractivity contribution >= 4 is 39.1 Å². The van der Waals surface area contributed by atoms with Crippen LogP contribution in [0.5, 0.6) is 5.75 Å². The molecule has 29 heavy (non-hydrogen) atoms. The number of hydrogen-bond acceptors (Lipinski definition) is 7. The Morgan fingerprint density at radius 2 is 1.86 bits per heavy atom. The summed E-state index contributed by atoms with van der Waals surface area (Å²) in [7, 11) is -0.930. The molecule has 1 amide bonds. The number of non-ortho nitro benzene ring substituents is 1. The van der Waals surface area contributed by atoms with E-state index in [-0.39, 0.29) is 28.0 Å². The van der Waals surface area contributed by atoms with Crippen LogP contribution in [0.25, 0.3) is 0 Å². The quantitative estimate of drug-likeness (QED) is 0.362. The van der Waals surface area contributed by atoms with Crippen LogP contribution >= 0.6 is 11.8 Å². The fourth-order valence-corrected chi connectivity index (χ4v) is 4.02. The molecule has 0 unspecified atom stereocenters. The molecule has 0 atom stereocenters. The van der Waals surface area contributed by atoms with Crippen molar-refractivity contribution in [2.45, 2.75) is 16.7 Å². The number of hydrogen-bond donors (Lipinski definition) is 1. The molecule has 0 radical (unpaired) electrons. The van der Waals surface area contributed by atoms with Gasteiger partial charge in [0.05, 0.1) is 17.3 Å². The topological polar surface area (TPSA) is 119 Å². The third kappa shape index (κ3) is 5.92. The van der Waals surface area contributed by atoms with E-state index in [2.05, 4.69) is 5.32 Å². The maximum absolute atomic E-state index is 12.5. The van der Waals surface area contributed by atoms with E-state index in [1.165, 1.54) is 50.1 Å². The highest BCUT2D eigenvalue weighted by molar-refractivity contribution is 8.00. The van der Waals surface area contributed by atoms with Crippen LogP contribution in [0.1, 0.15) is 6.92 Å². The first-order valence-corrected chi connectivity index (χ1v) is 10.9. The van der Waals surface area contributed by atoms with E-state index in [0.29, 0.717) is 17.2 Å². The van der Waals surface area contributed by atoms with Crippen molar-refractivity contribution in [1.82, 2.24) is 4.31 Å². The van der Waals surface area contributed by atoms with Crippen molar-refractivity contribution < 1.29 is 22.9 Å². The number of benzene rings is 2. The number of carbonyl (C=O) groups is 1. The molecular formula is C18H21N3O6S2. The highest BCUT2D eigenvalue weighted by atomic mass is 32.2. The van der Waals surface area contributed by atoms with Crippen LogP contribution in [-0.4, -0.2) is 50.0 Å². The highest BCUT2D eigenvalue weighted by Crippen LogP contribution is 2.29. The summed E-state index contributed by atoms with van der Waals surface area (Å²) in [5.41, 5.74) is 0.297. The van der Waals surface area contributed by atoms with Gasteiger partial charge in [-0.05, 0) is 37.3 Å². The molecule has 11 heteroatoms. The van der Waals surface area contributed by atoms with Crippen molar-refractivity contribution in [2.75, 3.05) is 31.8 Å². The van der Waals surface area contributed by atoms with Crippen LogP contribution in [0.15, 0.2) is 52.3 Å². The standard InChI is InChI=1S/C18H21N3O6S2/c1-4-27-16-10-5-13(11-17(16)29(25,26)20(2)3)19-18(22)12-28-15-8-6-14(7-9-15)21(23)24/h5-11H,4,12H2,1-3H3,(H,19,22). The summed E-state index contributed by atoms with van der Waals surface area (Å²) >= 11 is 1.21. The number of nitro groups is 1. The predicted molar refractivity (Wildman–Crippen MR) is 111 cm³/mol. The molecule has 0 heterocycles. The summed E-state index contributed by atoms with van der Waals surface area (Å²) in [5.74, 6) is -0.0778. The molecule has 0 spiro atoms. The van der Waals surface area contributed by atoms with E-state index in [9.17, 15) is 23.3 Å². The van der Waals surface area contributed by atoms with Gasteiger partial charge < -0.3 is 10.1 Å². The number of ether oxygens (including phenoxy) is 1. The molecule has 2 rings (SSSR count). The summed E-state index contributed by atoms with van der Waals surface area (Å²) in [4.78, 5) is 23.1. The van der Waals surface area contributed by atoms with Crippen LogP contribution in [0.2, 0.25) is 0 Å². The van der Waals surface area contributed by atoms with Gasteiger partial charge in [0.2, 0.25) is 15.9 Å². The second-order valence-electron chi connectivity index (χ2n) is 5.97. The molecule has 2 aromatic rings. The lowest BCUT2D eigenvalue weighted by molar-refractivity contribution is -0.384. The third-order valence-corrected chi connectivity index (χ3v) is 6.55. The first-order chi connectivity index (χ1) is 13.6. The number of nitrogens with one attached hydrogen (secondary N) is 1. The summed E-state index contributed by atoms with van der Waals surface area (Å²) < 4.78 is 31.5. The number of amides is 1. The Bertz CT molecular complexity index is 991. The highest BCUT2D eigenvalue weighted by Gasteiger charge is 2.23. The average molecular weight is 440 g/mol. The maximum Gasteiger partial charge on any atom is 0.269 e. The Kier molecular flexibility index (Phi) is 7.59. The van der Waals surface area contributed by atoms with Crippen LogP contribution < -0.4 is 10.1 Å². The Balaban J connectivity index is 2.10. The van der Waals surface area contributed by atoms with Gasteiger partial charge in [-0.15, -0.1) is 11.8 Å². The zero-order valence-electron chi connectivity index (χ0n) is 16.1. The Labute approximate surface area is 173 Å². The molecule has 0 aliphatic rings. The first kappa shape index (κ1) is 22.7. The van der Waals surface area contributed by atoms with E-state index in [1.807, 2.05) is 0 Å². The van der Waals surface area contributed by atoms with E-state index in [0.717, 1.165) is 4.31 Å². The molecule has 0 aromatic heterocycles. The minimum absolute atomic E-state index is 0.0252. The van der Waals surface area contributed by atoms with Gasteiger partial charge in [0.25, 0.3) is 5.69 Å². The Morgan fingerprint density at radius 3 is 2.41 bits per heavy atom. The van der Waals surface area contributed by atoms with Gasteiger partial charge in [-0.1, -0.05) is 0 Å². The van der Waals surface area contributed by atoms with Crippen LogP contribution in [0, 0.1) is 10.1 Å². The van der Waals surface area contributed by atoms with Gasteiger partial charge in [0, 0.05) is 36.8 Å². The monoisotopic (exact) mass is 439 g/mol. The number of sulfonamides is 1. The van der Waals surface area contributed by atoms with Crippen LogP contribution in [0.3, 0.4) is 0 Å². The molecule has 0 saturated heterocycles. The van der Waals surface area contributed by atoms with Gasteiger partial charge in [-0.2, -0.15) is 0 Å². The average Bonchev–Trinajstić information content (AvgIpc) is 2.67. The van der Waals surface area contributed by atoms with Gasteiger partial charge in [0.15, 0.2) is 0 Å². The van der Waals surface area contributed by atoms with E-state index in [1.54, 1.807) is 25.1 Å². The summed E-state index contributed by atoms with van der Waals surface area (Å²) in [6.07, 6.45) is 0. The molecule has 1 N–H and O–H groups in total. The molecule has 156 valence electrons. The van der Waals surface area contributed by atoms with Crippen molar-refractivity contribution in [1.29, 1.82) is 0 Å². The van der Waals surface area contributed by atoms with Gasteiger partial charge in [0.1, 0.15) is 10.6 Å². The number of carbonyl (C=O) groups excluding carboxylic acids is 1. The normalized spacial score (nSPS) is 11.3. The van der Waals surface area contributed by atoms with Crippen LogP contribution in [0.4, 0.5) is 11.4 Å². The lowest BCUT2D eigenvalue weighted by atomic mass is 10.3. The number of nitrogens with zero attached hydrogens (tertiary/aromatic N) is 2. The third-order valence-electron chi connectivity index (χ3n) is 3.70. The number of rotatable bonds is 9. The molecule has 0 fully saturated rings. The summed E-state index contributed by atoms with van der Waals surface area (Å²) in [6.45, 7) is 2.05. The van der Waals surface area contributed by atoms with Gasteiger partial charge >= 0.3 is 0 Å². The number of anilines is 1. The lowest BCUT2D eigenvalue weighted by Crippen LogP contribution is -2.23. The summed E-state index contributed by atoms with van der Waals surface area (Å²) in [6, 6.07) is 10.3. The van der Waals surface area contributed by atoms with Crippen molar-refractivity contribution in [2.24, 2.45) is 0 Å². The number of nitro benzene ring substituents is 1. The zero-order valence-corrected chi connectivity index (χ0v) is 17.7. The molecule has 0 aliphatic heterocycles. The SMILES string of the molecule is CCOc1ccc(NC(=O)CSc2ccc([N+](=O)[O-])cc2)cc1S(=O)(=O)N(C)C. The molecule has 9 nitrogen and oxygen atoms in total. The van der Waals surface area contributed by atoms with Gasteiger partial charge in [-0.25, -0.2) is 12.7 Å². The fraction of sp³-hybridized carbons (Fsp3) is 0.278. The predicted octanol–water partition coefficient (Wildman–Crippen LogP) is 2.97. The molecule has 0 aliphatic carbocycles. The van der Waals surface area contributed by atoms with Crippen LogP contribution in [-0.2, 0) is 14.8 Å². The van der Waals surface area contributed by atoms with Crippen molar-refractivity contribution in [3.63, 3.8) is 0 Å². The first-order valence-electron chi connectivity index (χ1n) is 8.51. The Hall–Kier alpha value is -2.63. The van der Waals surface area contributed by atoms with E-state index >= 15 is 0 Å². The second-order valence-corrected chi connectivity index (χ2v) is 9.14. The van der Waals surface area contributed by atoms with Crippen molar-refractivity contribution in [3.8, 4) is 5.75 Å². The van der Waals surface area contributed by atoms with Crippen molar-refractivity contribution in [3.05, 3.63) is 52.6 Å². The smallest absolute Gasteiger partial charge is 0.269 e. The Morgan fingerprint density at radius 1 is 1.21 bits per heavy atom. The minimum Gasteiger partial charge on any atom is -0.492 e. The van der Waals surface area contributed by atoms with E-state index < -0.39 is 14.9 Å². The van der Waals surface area contributed by atoms with E-state index in [4.69, 9.17) is 4.74 Å². The minimum atomic E-state index is -3.76. The molecule has 0 bridgehead atoms. The largest absolute Gasteiger partial charge is 0.492 e. The molecule has 0 saturated carbocycles. The fourth-order valence-electron chi connectivity index (χ4n) is 2.27. The lowest BCUT2D eigenvalue weighted by Gasteiger charge is -2.16. The summed E-state index contributed by atoms with van der Waals surface area (Å²) in [5, 5.41) is 13.3. The second kappa shape index (κ2) is 9.72. The molecular weight excluding hydrogens is 418 g/mol. The molecule has 2 aromatic carbocycles. The van der Waals surface area contributed by atoms with Gasteiger partial charge in [-0.3, -0.25) is 14.9 Å². The maximum atomic E-state index is 12.5. The number of thioether (sulfide) groups is 1. The zero-order chi connectivity index (χ0) is 21.6.